The standard InChI is InChI=1S/C10H22O8S2/c1-3-5-6-7-8-10(18-20(14,15)16)9(4-2)17-19(11,12)13/h9-10H,3-8H2,1-2H3,(H,11,12,13)(H,14,15,16). The Morgan fingerprint density at radius 2 is 1.35 bits per heavy atom. The maximum atomic E-state index is 10.8. The van der Waals surface area contributed by atoms with Gasteiger partial charge in [0, 0.05) is 0 Å². The molecule has 2 atom stereocenters. The molecule has 0 amide bonds. The third kappa shape index (κ3) is 10.5. The van der Waals surface area contributed by atoms with Crippen molar-refractivity contribution in [1.29, 1.82) is 0 Å². The molecule has 2 unspecified atom stereocenters. The van der Waals surface area contributed by atoms with Crippen LogP contribution in [0.1, 0.15) is 52.4 Å². The van der Waals surface area contributed by atoms with E-state index in [1.165, 1.54) is 0 Å². The highest BCUT2D eigenvalue weighted by molar-refractivity contribution is 7.81. The summed E-state index contributed by atoms with van der Waals surface area (Å²) in [6.45, 7) is 3.55. The molecule has 122 valence electrons. The van der Waals surface area contributed by atoms with E-state index < -0.39 is 33.0 Å². The van der Waals surface area contributed by atoms with E-state index in [0.717, 1.165) is 19.3 Å². The highest BCUT2D eigenvalue weighted by atomic mass is 32.3. The highest BCUT2D eigenvalue weighted by Crippen LogP contribution is 2.19. The number of hydrogen-bond acceptors (Lipinski definition) is 6. The van der Waals surface area contributed by atoms with E-state index in [1.807, 2.05) is 6.92 Å². The van der Waals surface area contributed by atoms with Crippen LogP contribution >= 0.6 is 0 Å². The van der Waals surface area contributed by atoms with Crippen molar-refractivity contribution in [2.75, 3.05) is 0 Å². The van der Waals surface area contributed by atoms with Gasteiger partial charge in [-0.1, -0.05) is 39.5 Å². The van der Waals surface area contributed by atoms with Gasteiger partial charge < -0.3 is 0 Å². The second kappa shape index (κ2) is 8.90. The van der Waals surface area contributed by atoms with Gasteiger partial charge in [0.05, 0.1) is 0 Å². The van der Waals surface area contributed by atoms with Gasteiger partial charge in [-0.15, -0.1) is 0 Å². The van der Waals surface area contributed by atoms with E-state index in [9.17, 15) is 16.8 Å². The molecule has 0 aromatic carbocycles. The molecule has 0 radical (unpaired) electrons. The summed E-state index contributed by atoms with van der Waals surface area (Å²) >= 11 is 0. The molecular formula is C10H22O8S2. The van der Waals surface area contributed by atoms with E-state index in [0.29, 0.717) is 6.42 Å². The van der Waals surface area contributed by atoms with Crippen LogP contribution in [0.15, 0.2) is 0 Å². The van der Waals surface area contributed by atoms with Crippen molar-refractivity contribution in [3.63, 3.8) is 0 Å². The summed E-state index contributed by atoms with van der Waals surface area (Å²) in [5.41, 5.74) is 0. The van der Waals surface area contributed by atoms with Crippen molar-refractivity contribution in [2.24, 2.45) is 0 Å². The quantitative estimate of drug-likeness (QED) is 0.432. The molecule has 0 aromatic rings. The number of hydrogen-bond donors (Lipinski definition) is 2. The molecular weight excluding hydrogens is 312 g/mol. The lowest BCUT2D eigenvalue weighted by Crippen LogP contribution is -2.34. The van der Waals surface area contributed by atoms with Crippen LogP contribution in [0, 0.1) is 0 Å². The summed E-state index contributed by atoms with van der Waals surface area (Å²) in [6.07, 6.45) is 1.23. The van der Waals surface area contributed by atoms with E-state index in [4.69, 9.17) is 9.11 Å². The molecule has 0 bridgehead atoms. The molecule has 0 saturated carbocycles. The molecule has 0 rings (SSSR count). The van der Waals surface area contributed by atoms with Crippen LogP contribution < -0.4 is 0 Å². The van der Waals surface area contributed by atoms with Crippen molar-refractivity contribution < 1.29 is 34.3 Å². The zero-order valence-electron chi connectivity index (χ0n) is 11.6. The fraction of sp³-hybridized carbons (Fsp3) is 1.00. The van der Waals surface area contributed by atoms with Gasteiger partial charge in [0.25, 0.3) is 0 Å². The first-order valence-electron chi connectivity index (χ1n) is 6.40. The Hall–Kier alpha value is -0.260. The Morgan fingerprint density at radius 3 is 1.75 bits per heavy atom. The summed E-state index contributed by atoms with van der Waals surface area (Å²) in [7, 11) is -9.46. The van der Waals surface area contributed by atoms with Crippen molar-refractivity contribution in [2.45, 2.75) is 64.6 Å². The van der Waals surface area contributed by atoms with Gasteiger partial charge in [-0.05, 0) is 12.8 Å². The highest BCUT2D eigenvalue weighted by Gasteiger charge is 2.29. The molecule has 2 N–H and O–H groups in total. The summed E-state index contributed by atoms with van der Waals surface area (Å²) in [5, 5.41) is 0. The fourth-order valence-corrected chi connectivity index (χ4v) is 2.88. The fourth-order valence-electron chi connectivity index (χ4n) is 1.77. The average Bonchev–Trinajstić information content (AvgIpc) is 2.27. The minimum atomic E-state index is -4.73. The Labute approximate surface area is 120 Å². The molecule has 10 heteroatoms. The Balaban J connectivity index is 4.78. The molecule has 0 saturated heterocycles. The predicted octanol–water partition coefficient (Wildman–Crippen LogP) is 1.74. The summed E-state index contributed by atoms with van der Waals surface area (Å²) in [5.74, 6) is 0. The first-order valence-corrected chi connectivity index (χ1v) is 9.13. The Kier molecular flexibility index (Phi) is 8.79. The third-order valence-corrected chi connectivity index (χ3v) is 3.63. The molecule has 0 aliphatic heterocycles. The predicted molar refractivity (Wildman–Crippen MR) is 71.9 cm³/mol. The minimum absolute atomic E-state index is 0.0910. The third-order valence-electron chi connectivity index (χ3n) is 2.65. The molecule has 0 aromatic heterocycles. The van der Waals surface area contributed by atoms with Gasteiger partial charge in [-0.2, -0.15) is 16.8 Å². The minimum Gasteiger partial charge on any atom is -0.264 e. The first-order chi connectivity index (χ1) is 9.09. The lowest BCUT2D eigenvalue weighted by molar-refractivity contribution is 0.0374. The van der Waals surface area contributed by atoms with E-state index in [-0.39, 0.29) is 12.8 Å². The largest absolute Gasteiger partial charge is 0.397 e. The van der Waals surface area contributed by atoms with Crippen LogP contribution in [-0.4, -0.2) is 38.1 Å². The maximum absolute atomic E-state index is 10.8. The second-order valence-corrected chi connectivity index (χ2v) is 6.48. The van der Waals surface area contributed by atoms with Crippen molar-refractivity contribution in [1.82, 2.24) is 0 Å². The molecule has 0 fully saturated rings. The smallest absolute Gasteiger partial charge is 0.264 e. The van der Waals surface area contributed by atoms with Crippen LogP contribution in [0.4, 0.5) is 0 Å². The molecule has 0 aliphatic carbocycles. The molecule has 0 spiro atoms. The lowest BCUT2D eigenvalue weighted by Gasteiger charge is -2.23. The molecule has 0 aliphatic rings. The van der Waals surface area contributed by atoms with Gasteiger partial charge in [0.2, 0.25) is 0 Å². The SMILES string of the molecule is CCCCCCC(OS(=O)(=O)O)C(CC)OS(=O)(=O)O. The number of unbranched alkanes of at least 4 members (excludes halogenated alkanes) is 3. The van der Waals surface area contributed by atoms with Crippen molar-refractivity contribution in [3.05, 3.63) is 0 Å². The summed E-state index contributed by atoms with van der Waals surface area (Å²) < 4.78 is 69.2. The van der Waals surface area contributed by atoms with E-state index >= 15 is 0 Å². The molecule has 20 heavy (non-hydrogen) atoms. The monoisotopic (exact) mass is 334 g/mol. The van der Waals surface area contributed by atoms with Gasteiger partial charge >= 0.3 is 20.8 Å². The van der Waals surface area contributed by atoms with Gasteiger partial charge in [0.1, 0.15) is 12.2 Å². The zero-order chi connectivity index (χ0) is 15.8. The topological polar surface area (TPSA) is 127 Å². The molecule has 8 nitrogen and oxygen atoms in total. The average molecular weight is 334 g/mol. The lowest BCUT2D eigenvalue weighted by atomic mass is 10.0. The normalized spacial score (nSPS) is 16.0. The van der Waals surface area contributed by atoms with E-state index in [1.54, 1.807) is 6.92 Å². The van der Waals surface area contributed by atoms with Crippen LogP contribution in [0.5, 0.6) is 0 Å². The van der Waals surface area contributed by atoms with Gasteiger partial charge in [-0.3, -0.25) is 9.11 Å². The summed E-state index contributed by atoms with van der Waals surface area (Å²) in [4.78, 5) is 0. The van der Waals surface area contributed by atoms with Crippen LogP contribution in [0.3, 0.4) is 0 Å². The maximum Gasteiger partial charge on any atom is 0.397 e. The van der Waals surface area contributed by atoms with Gasteiger partial charge in [0.15, 0.2) is 0 Å². The second-order valence-electron chi connectivity index (χ2n) is 4.38. The first kappa shape index (κ1) is 19.7. The van der Waals surface area contributed by atoms with Crippen LogP contribution in [-0.2, 0) is 29.2 Å². The van der Waals surface area contributed by atoms with Crippen LogP contribution in [0.2, 0.25) is 0 Å². The number of rotatable bonds is 11. The van der Waals surface area contributed by atoms with Gasteiger partial charge in [-0.25, -0.2) is 8.37 Å². The summed E-state index contributed by atoms with van der Waals surface area (Å²) in [6, 6.07) is 0. The molecule has 0 heterocycles. The zero-order valence-corrected chi connectivity index (χ0v) is 13.2. The van der Waals surface area contributed by atoms with Crippen molar-refractivity contribution >= 4 is 20.8 Å². The Bertz CT molecular complexity index is 456. The van der Waals surface area contributed by atoms with Crippen molar-refractivity contribution in [3.8, 4) is 0 Å². The van der Waals surface area contributed by atoms with E-state index in [2.05, 4.69) is 8.37 Å². The Morgan fingerprint density at radius 1 is 0.850 bits per heavy atom. The van der Waals surface area contributed by atoms with Crippen LogP contribution in [0.25, 0.3) is 0 Å².